The van der Waals surface area contributed by atoms with Crippen molar-refractivity contribution in [2.45, 2.75) is 65.4 Å². The van der Waals surface area contributed by atoms with Crippen molar-refractivity contribution in [2.75, 3.05) is 19.7 Å². The summed E-state index contributed by atoms with van der Waals surface area (Å²) in [5, 5.41) is 0. The Labute approximate surface area is 190 Å². The number of allylic oxidation sites excluding steroid dienone is 3. The number of carbonyl (C=O) groups is 1. The molecule has 0 atom stereocenters. The number of ether oxygens (including phenoxy) is 2. The highest BCUT2D eigenvalue weighted by Gasteiger charge is 2.28. The van der Waals surface area contributed by atoms with Gasteiger partial charge in [0.2, 0.25) is 5.88 Å². The second-order valence-electron chi connectivity index (χ2n) is 10.1. The number of likely N-dealkylation sites (tertiary alicyclic amines) is 1. The molecule has 1 saturated heterocycles. The minimum absolute atomic E-state index is 0.254. The summed E-state index contributed by atoms with van der Waals surface area (Å²) in [6, 6.07) is 5.75. The smallest absolute Gasteiger partial charge is 0.410 e. The van der Waals surface area contributed by atoms with Gasteiger partial charge in [-0.3, -0.25) is 0 Å². The summed E-state index contributed by atoms with van der Waals surface area (Å²) in [4.78, 5) is 18.7. The molecule has 2 aliphatic rings. The summed E-state index contributed by atoms with van der Waals surface area (Å²) in [6.45, 7) is 11.1. The number of rotatable bonds is 4. The molecule has 1 aromatic heterocycles. The lowest BCUT2D eigenvalue weighted by molar-refractivity contribution is 0.0204. The monoisotopic (exact) mass is 440 g/mol. The number of pyridine rings is 1. The maximum absolute atomic E-state index is 13.8. The first kappa shape index (κ1) is 23.8. The third-order valence-corrected chi connectivity index (χ3v) is 5.42. The van der Waals surface area contributed by atoms with Crippen molar-refractivity contribution < 1.29 is 18.7 Å². The molecule has 0 spiro atoms. The van der Waals surface area contributed by atoms with E-state index in [0.717, 1.165) is 24.1 Å². The number of halogens is 1. The van der Waals surface area contributed by atoms with Gasteiger partial charge in [-0.1, -0.05) is 31.9 Å². The van der Waals surface area contributed by atoms with E-state index < -0.39 is 11.4 Å². The minimum Gasteiger partial charge on any atom is -0.472 e. The molecule has 2 heterocycles. The Morgan fingerprint density at radius 3 is 2.66 bits per heavy atom. The molecule has 0 unspecified atom stereocenters. The van der Waals surface area contributed by atoms with Crippen molar-refractivity contribution in [3.8, 4) is 17.7 Å². The first-order valence-corrected chi connectivity index (χ1v) is 11.2. The Hall–Kier alpha value is -2.81. The largest absolute Gasteiger partial charge is 0.472 e. The first-order chi connectivity index (χ1) is 15.0. The Morgan fingerprint density at radius 1 is 1.25 bits per heavy atom. The number of piperidine rings is 1. The van der Waals surface area contributed by atoms with Gasteiger partial charge in [-0.25, -0.2) is 9.78 Å². The number of hydrogen-bond donors (Lipinski definition) is 0. The molecule has 0 aromatic carbocycles. The Kier molecular flexibility index (Phi) is 7.28. The maximum atomic E-state index is 13.8. The van der Waals surface area contributed by atoms with Crippen molar-refractivity contribution in [1.29, 1.82) is 0 Å². The lowest BCUT2D eigenvalue weighted by Crippen LogP contribution is -2.41. The quantitative estimate of drug-likeness (QED) is 0.556. The summed E-state index contributed by atoms with van der Waals surface area (Å²) in [5.41, 5.74) is 0.935. The van der Waals surface area contributed by atoms with E-state index in [2.05, 4.69) is 16.8 Å². The molecular formula is C26H33FN2O3. The molecule has 32 heavy (non-hydrogen) atoms. The van der Waals surface area contributed by atoms with Gasteiger partial charge in [0, 0.05) is 36.3 Å². The van der Waals surface area contributed by atoms with Crippen LogP contribution in [0.1, 0.15) is 65.5 Å². The van der Waals surface area contributed by atoms with Crippen LogP contribution in [0.15, 0.2) is 41.8 Å². The standard InChI is InChI=1S/C26H33FN2O3/c1-25(2,3)32-24(30)29-15-12-20(13-16-29)22-7-6-8-23(28-22)31-18-19-9-10-21(27)17-26(4,5)14-11-19/h6-8,11,17,20H,12-16,18H2,1-5H3/b19-11+,21-17+. The fourth-order valence-electron chi connectivity index (χ4n) is 3.68. The molecule has 3 rings (SSSR count). The number of aromatic nitrogens is 1. The van der Waals surface area contributed by atoms with Crippen LogP contribution in [-0.4, -0.2) is 41.3 Å². The summed E-state index contributed by atoms with van der Waals surface area (Å²) < 4.78 is 25.2. The maximum Gasteiger partial charge on any atom is 0.410 e. The highest BCUT2D eigenvalue weighted by atomic mass is 19.1. The highest BCUT2D eigenvalue weighted by molar-refractivity contribution is 5.68. The van der Waals surface area contributed by atoms with Gasteiger partial charge in [-0.2, -0.15) is 4.39 Å². The van der Waals surface area contributed by atoms with Gasteiger partial charge in [0.1, 0.15) is 12.2 Å². The zero-order valence-electron chi connectivity index (χ0n) is 19.7. The van der Waals surface area contributed by atoms with Crippen LogP contribution in [0.4, 0.5) is 9.18 Å². The Balaban J connectivity index is 1.58. The number of carbonyl (C=O) groups excluding carboxylic acids is 1. The van der Waals surface area contributed by atoms with Crippen molar-refractivity contribution in [3.63, 3.8) is 0 Å². The third-order valence-electron chi connectivity index (χ3n) is 5.42. The lowest BCUT2D eigenvalue weighted by Gasteiger charge is -2.33. The van der Waals surface area contributed by atoms with Crippen LogP contribution in [0.3, 0.4) is 0 Å². The average Bonchev–Trinajstić information content (AvgIpc) is 2.71. The van der Waals surface area contributed by atoms with Gasteiger partial charge in [0.25, 0.3) is 0 Å². The van der Waals surface area contributed by atoms with Crippen LogP contribution in [-0.2, 0) is 4.74 Å². The van der Waals surface area contributed by atoms with Crippen molar-refractivity contribution in [2.24, 2.45) is 5.41 Å². The molecule has 0 radical (unpaired) electrons. The molecular weight excluding hydrogens is 407 g/mol. The molecule has 1 aliphatic heterocycles. The summed E-state index contributed by atoms with van der Waals surface area (Å²) in [7, 11) is 0. The molecule has 1 fully saturated rings. The molecule has 1 aliphatic carbocycles. The van der Waals surface area contributed by atoms with Crippen molar-refractivity contribution in [1.82, 2.24) is 9.88 Å². The predicted octanol–water partition coefficient (Wildman–Crippen LogP) is 5.79. The number of amides is 1. The van der Waals surface area contributed by atoms with E-state index in [4.69, 9.17) is 9.47 Å². The number of hydrogen-bond acceptors (Lipinski definition) is 4. The molecule has 1 aromatic rings. The molecule has 6 heteroatoms. The Bertz CT molecular complexity index is 955. The van der Waals surface area contributed by atoms with Crippen molar-refractivity contribution >= 4 is 6.09 Å². The van der Waals surface area contributed by atoms with Crippen molar-refractivity contribution in [3.05, 3.63) is 47.4 Å². The first-order valence-electron chi connectivity index (χ1n) is 11.2. The van der Waals surface area contributed by atoms with E-state index in [1.807, 2.05) is 58.9 Å². The van der Waals surface area contributed by atoms with Crippen LogP contribution >= 0.6 is 0 Å². The SMILES string of the molecule is CC1(C)/C=C(/F)C#C/C(COc2cccc(C3CCN(C(=O)OC(C)(C)C)CC3)n2)=C\C1. The van der Waals surface area contributed by atoms with E-state index in [9.17, 15) is 9.18 Å². The molecule has 1 amide bonds. The predicted molar refractivity (Wildman–Crippen MR) is 123 cm³/mol. The van der Waals surface area contributed by atoms with Gasteiger partial charge >= 0.3 is 6.09 Å². The van der Waals surface area contributed by atoms with E-state index in [0.29, 0.717) is 25.4 Å². The van der Waals surface area contributed by atoms with Gasteiger partial charge in [0.15, 0.2) is 5.83 Å². The Morgan fingerprint density at radius 2 is 1.97 bits per heavy atom. The van der Waals surface area contributed by atoms with Gasteiger partial charge in [-0.15, -0.1) is 0 Å². The molecule has 172 valence electrons. The van der Waals surface area contributed by atoms with E-state index >= 15 is 0 Å². The van der Waals surface area contributed by atoms with E-state index in [-0.39, 0.29) is 24.0 Å². The second-order valence-corrected chi connectivity index (χ2v) is 10.1. The summed E-state index contributed by atoms with van der Waals surface area (Å²) in [6.07, 6.45) is 5.65. The van der Waals surface area contributed by atoms with Gasteiger partial charge in [0.05, 0.1) is 0 Å². The molecule has 0 saturated carbocycles. The van der Waals surface area contributed by atoms with Gasteiger partial charge < -0.3 is 14.4 Å². The molecule has 0 N–H and O–H groups in total. The van der Waals surface area contributed by atoms with Crippen LogP contribution in [0.2, 0.25) is 0 Å². The summed E-state index contributed by atoms with van der Waals surface area (Å²) >= 11 is 0. The van der Waals surface area contributed by atoms with Crippen LogP contribution in [0.25, 0.3) is 0 Å². The minimum atomic E-state index is -0.491. The third kappa shape index (κ3) is 7.12. The summed E-state index contributed by atoms with van der Waals surface area (Å²) in [5.74, 6) is 5.79. The van der Waals surface area contributed by atoms with E-state index in [1.54, 1.807) is 11.0 Å². The van der Waals surface area contributed by atoms with Crippen LogP contribution in [0.5, 0.6) is 5.88 Å². The molecule has 0 bridgehead atoms. The fraction of sp³-hybridized carbons (Fsp3) is 0.538. The second kappa shape index (κ2) is 9.77. The normalized spacial score (nSPS) is 22.2. The zero-order valence-corrected chi connectivity index (χ0v) is 19.7. The van der Waals surface area contributed by atoms with E-state index in [1.165, 1.54) is 0 Å². The van der Waals surface area contributed by atoms with Crippen LogP contribution in [0, 0.1) is 17.3 Å². The zero-order chi connectivity index (χ0) is 23.4. The fourth-order valence-corrected chi connectivity index (χ4v) is 3.68. The number of nitrogens with zero attached hydrogens (tertiary/aromatic N) is 2. The molecule has 5 nitrogen and oxygen atoms in total. The highest BCUT2D eigenvalue weighted by Crippen LogP contribution is 2.29. The average molecular weight is 441 g/mol. The van der Waals surface area contributed by atoms with Crippen LogP contribution < -0.4 is 4.74 Å². The lowest BCUT2D eigenvalue weighted by atomic mass is 9.87. The van der Waals surface area contributed by atoms with Gasteiger partial charge in [-0.05, 0) is 63.5 Å². The topological polar surface area (TPSA) is 51.7 Å².